The van der Waals surface area contributed by atoms with Crippen LogP contribution < -0.4 is 26.6 Å². The molecule has 2 fully saturated rings. The van der Waals surface area contributed by atoms with Gasteiger partial charge in [-0.15, -0.1) is 0 Å². The third-order valence-electron chi connectivity index (χ3n) is 10.2. The molecule has 0 radical (unpaired) electrons. The minimum atomic E-state index is -0.0480. The first kappa shape index (κ1) is 23.3. The molecule has 1 N–H and O–H groups in total. The maximum absolute atomic E-state index is 4.94. The van der Waals surface area contributed by atoms with Gasteiger partial charge in [0.15, 0.2) is 0 Å². The van der Waals surface area contributed by atoms with Crippen molar-refractivity contribution in [1.29, 1.82) is 0 Å². The number of hydrogen-bond acceptors (Lipinski definition) is 3. The van der Waals surface area contributed by atoms with Crippen molar-refractivity contribution in [2.45, 2.75) is 30.3 Å². The monoisotopic (exact) mass is 507 g/mol. The molecule has 2 saturated heterocycles. The van der Waals surface area contributed by atoms with Crippen LogP contribution in [0.4, 0.5) is 5.69 Å². The number of anilines is 1. The topological polar surface area (TPSA) is 27.6 Å². The zero-order valence-corrected chi connectivity index (χ0v) is 22.3. The molecule has 4 aliphatic rings. The molecule has 3 nitrogen and oxygen atoms in total. The summed E-state index contributed by atoms with van der Waals surface area (Å²) in [6, 6.07) is 41.9. The van der Waals surface area contributed by atoms with Crippen LogP contribution in [0.25, 0.3) is 0 Å². The van der Waals surface area contributed by atoms with Crippen LogP contribution >= 0.6 is 0 Å². The van der Waals surface area contributed by atoms with Gasteiger partial charge in [0.2, 0.25) is 6.71 Å². The van der Waals surface area contributed by atoms with Gasteiger partial charge >= 0.3 is 0 Å². The van der Waals surface area contributed by atoms with E-state index in [4.69, 9.17) is 4.99 Å². The van der Waals surface area contributed by atoms with Crippen LogP contribution in [-0.4, -0.2) is 44.6 Å². The summed E-state index contributed by atoms with van der Waals surface area (Å²) in [6.45, 7) is 3.24. The van der Waals surface area contributed by atoms with E-state index in [1.165, 1.54) is 28.5 Å². The van der Waals surface area contributed by atoms with Crippen molar-refractivity contribution in [1.82, 2.24) is 5.32 Å². The number of hydrogen-bond donors (Lipinski definition) is 1. The Balaban J connectivity index is 1.43. The summed E-state index contributed by atoms with van der Waals surface area (Å²) in [4.78, 5) is 7.68. The minimum absolute atomic E-state index is 0.0480. The quantitative estimate of drug-likeness (QED) is 0.419. The van der Waals surface area contributed by atoms with Gasteiger partial charge in [-0.1, -0.05) is 113 Å². The molecule has 0 aromatic heterocycles. The second-order valence-electron chi connectivity index (χ2n) is 11.7. The first-order valence-corrected chi connectivity index (χ1v) is 14.7. The molecule has 39 heavy (non-hydrogen) atoms. The first-order valence-electron chi connectivity index (χ1n) is 14.7. The van der Waals surface area contributed by atoms with Gasteiger partial charge in [0, 0.05) is 42.4 Å². The summed E-state index contributed by atoms with van der Waals surface area (Å²) in [7, 11) is 0. The van der Waals surface area contributed by atoms with E-state index in [1.807, 2.05) is 0 Å². The van der Waals surface area contributed by atoms with E-state index in [0.717, 1.165) is 26.1 Å². The van der Waals surface area contributed by atoms with Crippen molar-refractivity contribution in [3.05, 3.63) is 120 Å². The average Bonchev–Trinajstić information content (AvgIpc) is 3.02. The van der Waals surface area contributed by atoms with Gasteiger partial charge in [0.1, 0.15) is 0 Å². The van der Waals surface area contributed by atoms with Crippen molar-refractivity contribution in [3.63, 3.8) is 0 Å². The normalized spacial score (nSPS) is 26.4. The Morgan fingerprint density at radius 1 is 0.718 bits per heavy atom. The molecule has 4 atom stereocenters. The number of rotatable bonds is 2. The molecular formula is C35H34BN3. The van der Waals surface area contributed by atoms with Gasteiger partial charge in [0.05, 0.1) is 6.04 Å². The predicted octanol–water partition coefficient (Wildman–Crippen LogP) is 3.76. The standard InChI is InChI=1S/C35H34BN3/c1-3-11-25(12-4-1)36-31-17-9-7-15-27(31)35(28-16-8-10-18-32(28)36)29-19-21-37-23-33(29)39(26-13-5-2-6-14-26)34-24-38-22-20-30(34)35/h1-18,23,29-30,33-34,38H,19-22,24H2. The highest BCUT2D eigenvalue weighted by Gasteiger charge is 2.62. The number of nitrogens with one attached hydrogen (secondary N) is 1. The van der Waals surface area contributed by atoms with E-state index in [0.29, 0.717) is 17.9 Å². The average molecular weight is 507 g/mol. The largest absolute Gasteiger partial charge is 0.359 e. The minimum Gasteiger partial charge on any atom is -0.359 e. The maximum atomic E-state index is 4.94. The first-order chi connectivity index (χ1) is 19.4. The highest BCUT2D eigenvalue weighted by atomic mass is 15.3. The molecule has 0 aliphatic carbocycles. The molecule has 1 spiro atoms. The van der Waals surface area contributed by atoms with E-state index in [-0.39, 0.29) is 18.2 Å². The summed E-state index contributed by atoms with van der Waals surface area (Å²) in [6.07, 6.45) is 4.59. The van der Waals surface area contributed by atoms with Crippen LogP contribution in [0.1, 0.15) is 24.0 Å². The highest BCUT2D eigenvalue weighted by Crippen LogP contribution is 2.57. The number of nitrogens with zero attached hydrogens (tertiary/aromatic N) is 2. The molecule has 4 aliphatic heterocycles. The van der Waals surface area contributed by atoms with Crippen LogP contribution in [0.3, 0.4) is 0 Å². The molecular weight excluding hydrogens is 473 g/mol. The molecule has 4 aromatic carbocycles. The Hall–Kier alpha value is -3.63. The SMILES string of the molecule is C1=NCCC2C1N(c1ccccc1)C1CNCCC1C21c2ccccc2B(c2ccccc2)c2ccccc21. The fourth-order valence-electron chi connectivity index (χ4n) is 8.93. The lowest BCUT2D eigenvalue weighted by Crippen LogP contribution is -2.75. The summed E-state index contributed by atoms with van der Waals surface area (Å²) in [5.41, 5.74) is 8.78. The van der Waals surface area contributed by atoms with E-state index in [2.05, 4.69) is 126 Å². The van der Waals surface area contributed by atoms with Crippen LogP contribution in [0.2, 0.25) is 0 Å². The van der Waals surface area contributed by atoms with Gasteiger partial charge in [-0.05, 0) is 48.6 Å². The van der Waals surface area contributed by atoms with Crippen molar-refractivity contribution in [2.75, 3.05) is 24.5 Å². The maximum Gasteiger partial charge on any atom is 0.241 e. The van der Waals surface area contributed by atoms with Gasteiger partial charge in [0.25, 0.3) is 0 Å². The second-order valence-corrected chi connectivity index (χ2v) is 11.7. The van der Waals surface area contributed by atoms with Gasteiger partial charge in [-0.25, -0.2) is 0 Å². The summed E-state index contributed by atoms with van der Waals surface area (Å²) in [5.74, 6) is 0.958. The molecule has 0 bridgehead atoms. The molecule has 4 heterocycles. The van der Waals surface area contributed by atoms with Crippen molar-refractivity contribution in [2.24, 2.45) is 16.8 Å². The third-order valence-corrected chi connectivity index (χ3v) is 10.2. The fourth-order valence-corrected chi connectivity index (χ4v) is 8.93. The third kappa shape index (κ3) is 3.31. The molecule has 8 rings (SSSR count). The number of benzene rings is 4. The zero-order valence-electron chi connectivity index (χ0n) is 22.3. The molecule has 0 saturated carbocycles. The summed E-state index contributed by atoms with van der Waals surface area (Å²) < 4.78 is 0. The van der Waals surface area contributed by atoms with Gasteiger partial charge in [-0.3, -0.25) is 4.99 Å². The van der Waals surface area contributed by atoms with Crippen LogP contribution in [0.5, 0.6) is 0 Å². The van der Waals surface area contributed by atoms with Crippen molar-refractivity contribution < 1.29 is 0 Å². The number of aliphatic imine (C=N–C) groups is 1. The molecule has 4 heteroatoms. The number of para-hydroxylation sites is 1. The lowest BCUT2D eigenvalue weighted by molar-refractivity contribution is 0.0893. The Labute approximate surface area is 232 Å². The molecule has 4 aromatic rings. The second kappa shape index (κ2) is 9.24. The Morgan fingerprint density at radius 2 is 1.36 bits per heavy atom. The van der Waals surface area contributed by atoms with E-state index in [9.17, 15) is 0 Å². The predicted molar refractivity (Wildman–Crippen MR) is 164 cm³/mol. The smallest absolute Gasteiger partial charge is 0.241 e. The van der Waals surface area contributed by atoms with Crippen molar-refractivity contribution >= 4 is 35.0 Å². The number of fused-ring (bicyclic) bond motifs is 8. The van der Waals surface area contributed by atoms with Crippen molar-refractivity contribution in [3.8, 4) is 0 Å². The van der Waals surface area contributed by atoms with E-state index < -0.39 is 0 Å². The van der Waals surface area contributed by atoms with Crippen LogP contribution in [0.15, 0.2) is 114 Å². The van der Waals surface area contributed by atoms with Crippen LogP contribution in [-0.2, 0) is 5.41 Å². The Morgan fingerprint density at radius 3 is 2.08 bits per heavy atom. The lowest BCUT2D eigenvalue weighted by Gasteiger charge is -2.65. The van der Waals surface area contributed by atoms with Crippen LogP contribution in [0, 0.1) is 11.8 Å². The number of piperidine rings is 2. The Kier molecular flexibility index (Phi) is 5.52. The van der Waals surface area contributed by atoms with E-state index >= 15 is 0 Å². The fraction of sp³-hybridized carbons (Fsp3) is 0.286. The highest BCUT2D eigenvalue weighted by molar-refractivity contribution is 6.96. The molecule has 192 valence electrons. The lowest BCUT2D eigenvalue weighted by atomic mass is 9.29. The summed E-state index contributed by atoms with van der Waals surface area (Å²) in [5, 5.41) is 3.80. The van der Waals surface area contributed by atoms with E-state index in [1.54, 1.807) is 11.1 Å². The molecule has 4 unspecified atom stereocenters. The van der Waals surface area contributed by atoms with Gasteiger partial charge < -0.3 is 10.2 Å². The Bertz CT molecular complexity index is 1470. The molecule has 0 amide bonds. The zero-order chi connectivity index (χ0) is 25.8. The summed E-state index contributed by atoms with van der Waals surface area (Å²) >= 11 is 0. The van der Waals surface area contributed by atoms with Gasteiger partial charge in [-0.2, -0.15) is 0 Å².